The molecule has 3 N–H and O–H groups in total. The van der Waals surface area contributed by atoms with Crippen LogP contribution in [-0.2, 0) is 51.7 Å². The van der Waals surface area contributed by atoms with Crippen molar-refractivity contribution in [2.45, 2.75) is 27.7 Å². The summed E-state index contributed by atoms with van der Waals surface area (Å²) in [6.07, 6.45) is 4.84. The summed E-state index contributed by atoms with van der Waals surface area (Å²) in [6, 6.07) is 10.8. The largest absolute Gasteiger partial charge is 0.429 e. The first-order chi connectivity index (χ1) is 12.3. The zero-order chi connectivity index (χ0) is 20.1. The molecule has 6 nitrogen and oxygen atoms in total. The minimum absolute atomic E-state index is 0. The van der Waals surface area contributed by atoms with E-state index in [4.69, 9.17) is 5.73 Å². The summed E-state index contributed by atoms with van der Waals surface area (Å²) in [7, 11) is 0. The molecular weight excluding hydrogens is 926 g/mol. The van der Waals surface area contributed by atoms with Crippen molar-refractivity contribution < 1.29 is 51.7 Å². The number of anilines is 1. The Kier molecular flexibility index (Phi) is 21.8. The van der Waals surface area contributed by atoms with E-state index in [1.54, 1.807) is 12.3 Å². The molecule has 3 rings (SSSR count). The number of aromatic amines is 1. The first kappa shape index (κ1) is 32.5. The molecule has 0 amide bonds. The fraction of sp³-hybridized carbons (Fsp3) is 0.222. The van der Waals surface area contributed by atoms with Crippen molar-refractivity contribution >= 4 is 60.3 Å². The van der Waals surface area contributed by atoms with Gasteiger partial charge in [-0.15, -0.1) is 5.69 Å². The van der Waals surface area contributed by atoms with E-state index in [0.717, 1.165) is 29.3 Å². The number of carbonyl (C=O) groups is 2. The third-order valence-electron chi connectivity index (χ3n) is 2.76. The van der Waals surface area contributed by atoms with E-state index in [-0.39, 0.29) is 53.7 Å². The van der Waals surface area contributed by atoms with Crippen LogP contribution in [0.3, 0.4) is 0 Å². The number of hydrogen-bond donors (Lipinski definition) is 2. The van der Waals surface area contributed by atoms with Crippen molar-refractivity contribution in [2.24, 2.45) is 0 Å². The number of Topliss-reactive ketones (excluding diaryl/α,β-unsaturated/α-hetero) is 2. The maximum Gasteiger partial charge on any atom is 0.131 e. The molecular formula is C18H22I2N4O2W2-2. The minimum atomic E-state index is -0.187. The standard InChI is InChI=1S/C9H9N2.C5H7O2.C4H6N2.I2.2W/c1-7-6-8(2)11-5-3-4-9(11)10-7;1-4(6)3-5(2)7;5-4-2-1-3-6-4;1-2;;/h3-5H,1-2H3;3H,1-2H3;1-3,6H,5H2;;;/q2*-1;;;;. The maximum atomic E-state index is 9.98. The molecule has 154 valence electrons. The van der Waals surface area contributed by atoms with Gasteiger partial charge in [-0.25, -0.2) is 0 Å². The Morgan fingerprint density at radius 3 is 2.07 bits per heavy atom. The van der Waals surface area contributed by atoms with Gasteiger partial charge in [0.25, 0.3) is 0 Å². The molecule has 0 radical (unpaired) electrons. The average Bonchev–Trinajstić information content (AvgIpc) is 3.20. The Balaban J connectivity index is -0.000000326. The number of hydrogen-bond acceptors (Lipinski definition) is 4. The van der Waals surface area contributed by atoms with Crippen LogP contribution in [0.2, 0.25) is 0 Å². The molecule has 0 fully saturated rings. The van der Waals surface area contributed by atoms with Crippen molar-refractivity contribution in [3.8, 4) is 0 Å². The summed E-state index contributed by atoms with van der Waals surface area (Å²) in [5.41, 5.74) is 8.28. The van der Waals surface area contributed by atoms with Crippen LogP contribution >= 0.6 is 37.2 Å². The van der Waals surface area contributed by atoms with Crippen molar-refractivity contribution in [3.05, 3.63) is 60.5 Å². The molecule has 0 saturated carbocycles. The molecule has 0 bridgehead atoms. The number of nitrogen functional groups attached to an aromatic ring is 1. The minimum Gasteiger partial charge on any atom is -0.429 e. The summed E-state index contributed by atoms with van der Waals surface area (Å²) in [4.78, 5) is 27.0. The predicted molar refractivity (Wildman–Crippen MR) is 122 cm³/mol. The molecule has 0 aliphatic heterocycles. The van der Waals surface area contributed by atoms with Gasteiger partial charge in [-0.2, -0.15) is 5.69 Å². The number of fused-ring (bicyclic) bond motifs is 1. The number of rotatable bonds is 2. The van der Waals surface area contributed by atoms with Gasteiger partial charge in [-0.1, -0.05) is 13.8 Å². The summed E-state index contributed by atoms with van der Waals surface area (Å²) in [6.45, 7) is 6.68. The van der Waals surface area contributed by atoms with Gasteiger partial charge in [-0.3, -0.25) is 11.4 Å². The van der Waals surface area contributed by atoms with E-state index < -0.39 is 0 Å². The molecule has 0 aromatic carbocycles. The van der Waals surface area contributed by atoms with Crippen LogP contribution in [0, 0.1) is 26.3 Å². The summed E-state index contributed by atoms with van der Waals surface area (Å²) >= 11 is 4.24. The van der Waals surface area contributed by atoms with Crippen LogP contribution < -0.4 is 5.73 Å². The fourth-order valence-electron chi connectivity index (χ4n) is 1.90. The molecule has 0 aliphatic rings. The predicted octanol–water partition coefficient (Wildman–Crippen LogP) is 4.48. The fourth-order valence-corrected chi connectivity index (χ4v) is 1.90. The van der Waals surface area contributed by atoms with E-state index >= 15 is 0 Å². The number of nitrogens with zero attached hydrogens (tertiary/aromatic N) is 2. The number of ketones is 2. The number of carbonyl (C=O) groups excluding carboxylic acids is 2. The summed E-state index contributed by atoms with van der Waals surface area (Å²) in [5, 5.41) is 0. The number of halogens is 2. The first-order valence-electron chi connectivity index (χ1n) is 7.52. The second kappa shape index (κ2) is 18.8. The summed E-state index contributed by atoms with van der Waals surface area (Å²) < 4.78 is 2.02. The van der Waals surface area contributed by atoms with Crippen LogP contribution in [0.15, 0.2) is 36.7 Å². The quantitative estimate of drug-likeness (QED) is 0.226. The Morgan fingerprint density at radius 1 is 1.14 bits per heavy atom. The van der Waals surface area contributed by atoms with Gasteiger partial charge in [0.2, 0.25) is 0 Å². The number of aromatic nitrogens is 3. The van der Waals surface area contributed by atoms with Gasteiger partial charge in [0.05, 0.1) is 0 Å². The van der Waals surface area contributed by atoms with E-state index in [2.05, 4.69) is 53.3 Å². The zero-order valence-electron chi connectivity index (χ0n) is 15.9. The topological polar surface area (TPSA) is 93.2 Å². The van der Waals surface area contributed by atoms with Gasteiger partial charge in [0.15, 0.2) is 0 Å². The van der Waals surface area contributed by atoms with Crippen molar-refractivity contribution in [1.29, 1.82) is 0 Å². The van der Waals surface area contributed by atoms with Crippen LogP contribution in [0.5, 0.6) is 0 Å². The smallest absolute Gasteiger partial charge is 0.131 e. The van der Waals surface area contributed by atoms with Crippen molar-refractivity contribution in [3.63, 3.8) is 0 Å². The number of nitrogens with one attached hydrogen (secondary N) is 1. The maximum absolute atomic E-state index is 9.98. The number of aryl methyl sites for hydroxylation is 2. The zero-order valence-corrected chi connectivity index (χ0v) is 26.1. The van der Waals surface area contributed by atoms with E-state index in [1.165, 1.54) is 13.8 Å². The van der Waals surface area contributed by atoms with Gasteiger partial charge in [0.1, 0.15) is 11.5 Å². The third kappa shape index (κ3) is 14.8. The first-order valence-corrected chi connectivity index (χ1v) is 13.8. The van der Waals surface area contributed by atoms with E-state index in [1.807, 2.05) is 42.6 Å². The second-order valence-corrected chi connectivity index (χ2v) is 5.14. The SMILES string of the molecule is CC(=O)[CH-]C(C)=O.Cc1[c-]c(C)n2cccc2n1.II.Nc1ccc[nH]1.[W].[W]. The van der Waals surface area contributed by atoms with Crippen LogP contribution in [0.4, 0.5) is 5.82 Å². The van der Waals surface area contributed by atoms with Crippen LogP contribution in [-0.4, -0.2) is 25.9 Å². The molecule has 3 aromatic rings. The third-order valence-corrected chi connectivity index (χ3v) is 2.76. The van der Waals surface area contributed by atoms with Crippen molar-refractivity contribution in [2.75, 3.05) is 5.73 Å². The molecule has 28 heavy (non-hydrogen) atoms. The molecule has 3 aromatic heterocycles. The van der Waals surface area contributed by atoms with Gasteiger partial charge in [-0.05, 0) is 38.1 Å². The normalized spacial score (nSPS) is 8.21. The molecule has 10 heteroatoms. The molecule has 0 unspecified atom stereocenters. The molecule has 0 atom stereocenters. The van der Waals surface area contributed by atoms with Gasteiger partial charge < -0.3 is 30.8 Å². The average molecular weight is 948 g/mol. The van der Waals surface area contributed by atoms with Crippen LogP contribution in [0.1, 0.15) is 25.2 Å². The molecule has 0 spiro atoms. The number of H-pyrrole nitrogens is 1. The van der Waals surface area contributed by atoms with Gasteiger partial charge in [0, 0.05) is 103 Å². The van der Waals surface area contributed by atoms with Gasteiger partial charge >= 0.3 is 0 Å². The second-order valence-electron chi connectivity index (χ2n) is 5.14. The van der Waals surface area contributed by atoms with E-state index in [0.29, 0.717) is 0 Å². The van der Waals surface area contributed by atoms with E-state index in [9.17, 15) is 9.59 Å². The molecule has 3 heterocycles. The molecule has 0 aliphatic carbocycles. The van der Waals surface area contributed by atoms with Crippen molar-refractivity contribution in [1.82, 2.24) is 14.4 Å². The Hall–Kier alpha value is -0.183. The Labute approximate surface area is 218 Å². The van der Waals surface area contributed by atoms with Crippen LogP contribution in [0.25, 0.3) is 5.65 Å². The summed E-state index contributed by atoms with van der Waals surface area (Å²) in [5.74, 6) is 0.343. The Bertz CT molecular complexity index is 797. The molecule has 0 saturated heterocycles. The monoisotopic (exact) mass is 948 g/mol. The Morgan fingerprint density at radius 2 is 1.71 bits per heavy atom. The number of nitrogens with two attached hydrogens (primary N) is 1.